The Morgan fingerprint density at radius 2 is 1.66 bits per heavy atom. The van der Waals surface area contributed by atoms with Crippen LogP contribution in [0, 0.1) is 11.8 Å². The van der Waals surface area contributed by atoms with Crippen molar-refractivity contribution in [1.82, 2.24) is 19.6 Å². The number of fused-ring (bicyclic) bond motifs is 1. The number of ether oxygens (including phenoxy) is 1. The number of nitrogen functional groups attached to an aromatic ring is 1. The van der Waals surface area contributed by atoms with Crippen LogP contribution in [0.2, 0.25) is 0 Å². The number of nitrogens with two attached hydrogens (primary N) is 2. The van der Waals surface area contributed by atoms with Crippen LogP contribution >= 0.6 is 0 Å². The van der Waals surface area contributed by atoms with Crippen molar-refractivity contribution in [3.63, 3.8) is 0 Å². The highest BCUT2D eigenvalue weighted by atomic mass is 16.5. The third-order valence-electron chi connectivity index (χ3n) is 6.97. The van der Waals surface area contributed by atoms with E-state index in [1.54, 1.807) is 24.3 Å². The molecule has 3 heterocycles. The molecule has 0 saturated carbocycles. The fraction of sp³-hybridized carbons (Fsp3) is 0.346. The van der Waals surface area contributed by atoms with E-state index in [4.69, 9.17) is 16.2 Å². The second kappa shape index (κ2) is 9.79. The zero-order chi connectivity index (χ0) is 24.4. The van der Waals surface area contributed by atoms with Crippen LogP contribution in [0.15, 0.2) is 60.8 Å². The lowest BCUT2D eigenvalue weighted by Crippen LogP contribution is -2.33. The van der Waals surface area contributed by atoms with E-state index < -0.39 is 6.09 Å². The molecule has 0 radical (unpaired) electrons. The SMILES string of the molecule is NC(=O)Oc1ccccc1-n1ncc(C(=O)N2CC3CN(CCCc4ccccc4)C[C@H]3C2)c1N. The predicted molar refractivity (Wildman–Crippen MR) is 132 cm³/mol. The van der Waals surface area contributed by atoms with E-state index in [1.807, 2.05) is 11.0 Å². The number of carbonyl (C=O) groups excluding carboxylic acids is 2. The maximum Gasteiger partial charge on any atom is 0.410 e. The second-order valence-electron chi connectivity index (χ2n) is 9.32. The summed E-state index contributed by atoms with van der Waals surface area (Å²) in [6.45, 7) is 4.59. The Labute approximate surface area is 204 Å². The van der Waals surface area contributed by atoms with Gasteiger partial charge >= 0.3 is 6.09 Å². The van der Waals surface area contributed by atoms with Gasteiger partial charge in [-0.3, -0.25) is 4.79 Å². The van der Waals surface area contributed by atoms with Crippen molar-refractivity contribution >= 4 is 17.8 Å². The average molecular weight is 475 g/mol. The van der Waals surface area contributed by atoms with Gasteiger partial charge in [0, 0.05) is 26.2 Å². The van der Waals surface area contributed by atoms with E-state index in [0.717, 1.165) is 45.6 Å². The molecule has 9 heteroatoms. The molecule has 5 rings (SSSR count). The Hall–Kier alpha value is -3.85. The smallest absolute Gasteiger partial charge is 0.408 e. The largest absolute Gasteiger partial charge is 0.410 e. The lowest BCUT2D eigenvalue weighted by molar-refractivity contribution is 0.0775. The molecule has 9 nitrogen and oxygen atoms in total. The Bertz CT molecular complexity index is 1200. The Balaban J connectivity index is 1.19. The molecule has 35 heavy (non-hydrogen) atoms. The maximum absolute atomic E-state index is 13.3. The molecule has 2 atom stereocenters. The van der Waals surface area contributed by atoms with Crippen molar-refractivity contribution in [3.8, 4) is 11.4 Å². The van der Waals surface area contributed by atoms with Gasteiger partial charge in [-0.2, -0.15) is 5.10 Å². The van der Waals surface area contributed by atoms with Gasteiger partial charge in [0.1, 0.15) is 17.1 Å². The summed E-state index contributed by atoms with van der Waals surface area (Å²) in [5.74, 6) is 1.27. The fourth-order valence-electron chi connectivity index (χ4n) is 5.30. The van der Waals surface area contributed by atoms with Crippen molar-refractivity contribution in [1.29, 1.82) is 0 Å². The van der Waals surface area contributed by atoms with E-state index in [0.29, 0.717) is 23.1 Å². The molecule has 2 aliphatic rings. The number of primary amides is 1. The van der Waals surface area contributed by atoms with Crippen LogP contribution in [-0.4, -0.2) is 64.3 Å². The van der Waals surface area contributed by atoms with Crippen LogP contribution in [0.25, 0.3) is 5.69 Å². The highest BCUT2D eigenvalue weighted by Crippen LogP contribution is 2.33. The number of aryl methyl sites for hydroxylation is 1. The van der Waals surface area contributed by atoms with Crippen LogP contribution in [0.1, 0.15) is 22.3 Å². The molecule has 1 aromatic heterocycles. The number of likely N-dealkylation sites (tertiary alicyclic amines) is 2. The third-order valence-corrected chi connectivity index (χ3v) is 6.97. The summed E-state index contributed by atoms with van der Waals surface area (Å²) >= 11 is 0. The molecule has 1 unspecified atom stereocenters. The molecule has 0 aliphatic carbocycles. The predicted octanol–water partition coefficient (Wildman–Crippen LogP) is 2.55. The Morgan fingerprint density at radius 3 is 2.37 bits per heavy atom. The maximum atomic E-state index is 13.3. The van der Waals surface area contributed by atoms with Crippen LogP contribution < -0.4 is 16.2 Å². The Morgan fingerprint density at radius 1 is 0.971 bits per heavy atom. The average Bonchev–Trinajstić information content (AvgIpc) is 3.53. The van der Waals surface area contributed by atoms with Crippen LogP contribution in [0.5, 0.6) is 5.75 Å². The quantitative estimate of drug-likeness (QED) is 0.543. The molecule has 2 fully saturated rings. The van der Waals surface area contributed by atoms with E-state index in [9.17, 15) is 9.59 Å². The number of carbonyl (C=O) groups is 2. The van der Waals surface area contributed by atoms with Gasteiger partial charge in [0.2, 0.25) is 0 Å². The first-order chi connectivity index (χ1) is 17.0. The van der Waals surface area contributed by atoms with Gasteiger partial charge < -0.3 is 26.0 Å². The Kier molecular flexibility index (Phi) is 6.41. The number of aromatic nitrogens is 2. The second-order valence-corrected chi connectivity index (χ2v) is 9.32. The molecular formula is C26H30N6O3. The zero-order valence-electron chi connectivity index (χ0n) is 19.5. The van der Waals surface area contributed by atoms with Gasteiger partial charge in [-0.15, -0.1) is 0 Å². The van der Waals surface area contributed by atoms with Crippen LogP contribution in [0.4, 0.5) is 10.6 Å². The standard InChI is InChI=1S/C26H30N6O3/c27-24-21(13-29-32(24)22-10-4-5-11-23(22)35-26(28)34)25(33)31-16-19-14-30(15-20(19)17-31)12-6-9-18-7-2-1-3-8-18/h1-5,7-8,10-11,13,19-20H,6,9,12,14-17,27H2,(H2,28,34)/t19-,20?/m0/s1. The molecule has 182 valence electrons. The molecular weight excluding hydrogens is 444 g/mol. The first-order valence-electron chi connectivity index (χ1n) is 12.0. The van der Waals surface area contributed by atoms with E-state index in [2.05, 4.69) is 34.3 Å². The summed E-state index contributed by atoms with van der Waals surface area (Å²) in [7, 11) is 0. The molecule has 2 aliphatic heterocycles. The lowest BCUT2D eigenvalue weighted by Gasteiger charge is -2.21. The number of benzene rings is 2. The molecule has 3 aromatic rings. The zero-order valence-corrected chi connectivity index (χ0v) is 19.5. The van der Waals surface area contributed by atoms with Crippen molar-refractivity contribution < 1.29 is 14.3 Å². The lowest BCUT2D eigenvalue weighted by atomic mass is 10.0. The number of hydrogen-bond acceptors (Lipinski definition) is 6. The van der Waals surface area contributed by atoms with E-state index >= 15 is 0 Å². The number of anilines is 1. The van der Waals surface area contributed by atoms with Crippen molar-refractivity contribution in [2.45, 2.75) is 12.8 Å². The summed E-state index contributed by atoms with van der Waals surface area (Å²) in [6.07, 6.45) is 2.77. The minimum Gasteiger partial charge on any atom is -0.408 e. The highest BCUT2D eigenvalue weighted by Gasteiger charge is 2.42. The van der Waals surface area contributed by atoms with Gasteiger partial charge in [-0.05, 0) is 48.9 Å². The van der Waals surface area contributed by atoms with Gasteiger partial charge in [0.05, 0.1) is 6.20 Å². The summed E-state index contributed by atoms with van der Waals surface area (Å²) in [4.78, 5) is 29.0. The molecule has 2 amide bonds. The van der Waals surface area contributed by atoms with E-state index in [1.165, 1.54) is 16.4 Å². The van der Waals surface area contributed by atoms with Gasteiger partial charge in [-0.1, -0.05) is 42.5 Å². The molecule has 2 saturated heterocycles. The number of hydrogen-bond donors (Lipinski definition) is 2. The number of para-hydroxylation sites is 2. The fourth-order valence-corrected chi connectivity index (χ4v) is 5.30. The third kappa shape index (κ3) is 4.85. The number of amides is 2. The minimum atomic E-state index is -0.933. The molecule has 4 N–H and O–H groups in total. The van der Waals surface area contributed by atoms with Crippen molar-refractivity contribution in [3.05, 3.63) is 71.9 Å². The summed E-state index contributed by atoms with van der Waals surface area (Å²) < 4.78 is 6.46. The van der Waals surface area contributed by atoms with Gasteiger partial charge in [0.25, 0.3) is 5.91 Å². The topological polar surface area (TPSA) is 120 Å². The molecule has 2 aromatic carbocycles. The first-order valence-corrected chi connectivity index (χ1v) is 12.0. The number of rotatable bonds is 7. The molecule has 0 bridgehead atoms. The van der Waals surface area contributed by atoms with Crippen molar-refractivity contribution in [2.24, 2.45) is 17.6 Å². The molecule has 0 spiro atoms. The van der Waals surface area contributed by atoms with E-state index in [-0.39, 0.29) is 17.5 Å². The van der Waals surface area contributed by atoms with Gasteiger partial charge in [-0.25, -0.2) is 9.48 Å². The van der Waals surface area contributed by atoms with Crippen LogP contribution in [0.3, 0.4) is 0 Å². The summed E-state index contributed by atoms with van der Waals surface area (Å²) in [5.41, 5.74) is 13.6. The first kappa shape index (κ1) is 22.9. The summed E-state index contributed by atoms with van der Waals surface area (Å²) in [5, 5.41) is 4.29. The normalized spacial score (nSPS) is 19.6. The van der Waals surface area contributed by atoms with Crippen molar-refractivity contribution in [2.75, 3.05) is 38.5 Å². The number of nitrogens with zero attached hydrogens (tertiary/aromatic N) is 4. The summed E-state index contributed by atoms with van der Waals surface area (Å²) in [6, 6.07) is 17.3. The van der Waals surface area contributed by atoms with Crippen LogP contribution in [-0.2, 0) is 6.42 Å². The monoisotopic (exact) mass is 474 g/mol. The minimum absolute atomic E-state index is 0.118. The van der Waals surface area contributed by atoms with Gasteiger partial charge in [0.15, 0.2) is 5.75 Å². The highest BCUT2D eigenvalue weighted by molar-refractivity contribution is 5.98.